The maximum atomic E-state index is 12.1. The van der Waals surface area contributed by atoms with E-state index in [-0.39, 0.29) is 6.10 Å². The molecule has 4 heteroatoms. The van der Waals surface area contributed by atoms with E-state index in [1.807, 2.05) is 27.7 Å². The number of aliphatic hydroxyl groups is 1. The van der Waals surface area contributed by atoms with Crippen molar-refractivity contribution in [2.24, 2.45) is 10.8 Å². The number of aliphatic hydroxyl groups excluding tert-OH is 1. The lowest BCUT2D eigenvalue weighted by molar-refractivity contribution is -0.246. The lowest BCUT2D eigenvalue weighted by Gasteiger charge is -2.60. The topological polar surface area (TPSA) is 63.6 Å². The Labute approximate surface area is 118 Å². The molecule has 0 unspecified atom stereocenters. The van der Waals surface area contributed by atoms with Crippen molar-refractivity contribution in [2.75, 3.05) is 0 Å². The van der Waals surface area contributed by atoms with Crippen molar-refractivity contribution in [1.29, 1.82) is 0 Å². The van der Waals surface area contributed by atoms with E-state index in [2.05, 4.69) is 0 Å². The SMILES string of the molecule is CC1(C)C(O)C(C)(C)C1OC(=O)c1ccc(C=O)cc1. The van der Waals surface area contributed by atoms with Crippen LogP contribution in [0.1, 0.15) is 48.4 Å². The Morgan fingerprint density at radius 3 is 2.10 bits per heavy atom. The smallest absolute Gasteiger partial charge is 0.338 e. The number of rotatable bonds is 3. The second-order valence-corrected chi connectivity index (χ2v) is 6.57. The molecule has 0 atom stereocenters. The number of benzene rings is 1. The van der Waals surface area contributed by atoms with Crippen LogP contribution in [0.3, 0.4) is 0 Å². The van der Waals surface area contributed by atoms with Crippen molar-refractivity contribution in [2.45, 2.75) is 39.9 Å². The summed E-state index contributed by atoms with van der Waals surface area (Å²) in [5, 5.41) is 10.1. The summed E-state index contributed by atoms with van der Waals surface area (Å²) in [6, 6.07) is 6.30. The van der Waals surface area contributed by atoms with Crippen molar-refractivity contribution in [1.82, 2.24) is 0 Å². The molecule has 0 amide bonds. The van der Waals surface area contributed by atoms with Crippen LogP contribution in [0.15, 0.2) is 24.3 Å². The van der Waals surface area contributed by atoms with Gasteiger partial charge in [-0.3, -0.25) is 4.79 Å². The van der Waals surface area contributed by atoms with E-state index < -0.39 is 22.9 Å². The van der Waals surface area contributed by atoms with Gasteiger partial charge in [-0.15, -0.1) is 0 Å². The van der Waals surface area contributed by atoms with Gasteiger partial charge in [0, 0.05) is 16.4 Å². The molecule has 108 valence electrons. The van der Waals surface area contributed by atoms with E-state index in [1.54, 1.807) is 24.3 Å². The fraction of sp³-hybridized carbons (Fsp3) is 0.500. The summed E-state index contributed by atoms with van der Waals surface area (Å²) in [5.74, 6) is -0.430. The monoisotopic (exact) mass is 276 g/mol. The molecule has 1 aromatic rings. The minimum Gasteiger partial charge on any atom is -0.457 e. The molecular weight excluding hydrogens is 256 g/mol. The molecule has 0 spiro atoms. The molecule has 1 fully saturated rings. The van der Waals surface area contributed by atoms with Crippen molar-refractivity contribution in [3.8, 4) is 0 Å². The molecule has 4 nitrogen and oxygen atoms in total. The first-order chi connectivity index (χ1) is 9.21. The Morgan fingerprint density at radius 2 is 1.65 bits per heavy atom. The van der Waals surface area contributed by atoms with Gasteiger partial charge in [0.05, 0.1) is 11.7 Å². The lowest BCUT2D eigenvalue weighted by Crippen LogP contribution is -2.68. The van der Waals surface area contributed by atoms with Gasteiger partial charge in [-0.25, -0.2) is 4.79 Å². The van der Waals surface area contributed by atoms with Gasteiger partial charge < -0.3 is 9.84 Å². The second-order valence-electron chi connectivity index (χ2n) is 6.57. The van der Waals surface area contributed by atoms with Crippen molar-refractivity contribution in [3.63, 3.8) is 0 Å². The van der Waals surface area contributed by atoms with Crippen LogP contribution >= 0.6 is 0 Å². The third-order valence-corrected chi connectivity index (χ3v) is 4.27. The number of aldehydes is 1. The standard InChI is InChI=1S/C16H20O4/c1-15(2)13(19)16(3,4)14(15)20-12(18)11-7-5-10(9-17)6-8-11/h5-9,13-14,19H,1-4H3. The largest absolute Gasteiger partial charge is 0.457 e. The van der Waals surface area contributed by atoms with Crippen LogP contribution < -0.4 is 0 Å². The Kier molecular flexibility index (Phi) is 3.46. The summed E-state index contributed by atoms with van der Waals surface area (Å²) in [5.41, 5.74) is 0.00827. The van der Waals surface area contributed by atoms with E-state index in [0.29, 0.717) is 11.1 Å². The molecule has 0 saturated heterocycles. The van der Waals surface area contributed by atoms with E-state index in [9.17, 15) is 14.7 Å². The Hall–Kier alpha value is -1.68. The van der Waals surface area contributed by atoms with Crippen LogP contribution in [0.2, 0.25) is 0 Å². The molecule has 1 aliphatic rings. The zero-order chi connectivity index (χ0) is 15.1. The van der Waals surface area contributed by atoms with Crippen LogP contribution in [-0.4, -0.2) is 29.6 Å². The third-order valence-electron chi connectivity index (χ3n) is 4.27. The fourth-order valence-electron chi connectivity index (χ4n) is 3.28. The molecule has 2 rings (SSSR count). The van der Waals surface area contributed by atoms with Crippen molar-refractivity contribution >= 4 is 12.3 Å². The summed E-state index contributed by atoms with van der Waals surface area (Å²) >= 11 is 0. The summed E-state index contributed by atoms with van der Waals surface area (Å²) < 4.78 is 5.56. The van der Waals surface area contributed by atoms with Gasteiger partial charge in [-0.1, -0.05) is 39.8 Å². The molecule has 0 radical (unpaired) electrons. The lowest BCUT2D eigenvalue weighted by atomic mass is 9.51. The van der Waals surface area contributed by atoms with Gasteiger partial charge in [0.2, 0.25) is 0 Å². The number of hydrogen-bond donors (Lipinski definition) is 1. The third kappa shape index (κ3) is 2.14. The molecule has 0 aromatic heterocycles. The van der Waals surface area contributed by atoms with Gasteiger partial charge >= 0.3 is 5.97 Å². The first-order valence-corrected chi connectivity index (χ1v) is 6.65. The number of esters is 1. The van der Waals surface area contributed by atoms with Crippen LogP contribution in [0, 0.1) is 10.8 Å². The Morgan fingerprint density at radius 1 is 1.15 bits per heavy atom. The van der Waals surface area contributed by atoms with E-state index in [4.69, 9.17) is 4.74 Å². The van der Waals surface area contributed by atoms with Crippen LogP contribution in [0.4, 0.5) is 0 Å². The Bertz CT molecular complexity index is 512. The molecule has 20 heavy (non-hydrogen) atoms. The fourth-order valence-corrected chi connectivity index (χ4v) is 3.28. The minimum absolute atomic E-state index is 0.344. The molecular formula is C16H20O4. The minimum atomic E-state index is -0.509. The number of carbonyl (C=O) groups excluding carboxylic acids is 2. The maximum absolute atomic E-state index is 12.1. The highest BCUT2D eigenvalue weighted by Crippen LogP contribution is 2.55. The second kappa shape index (κ2) is 4.70. The highest BCUT2D eigenvalue weighted by Gasteiger charge is 2.63. The molecule has 1 N–H and O–H groups in total. The van der Waals surface area contributed by atoms with Crippen molar-refractivity contribution < 1.29 is 19.4 Å². The van der Waals surface area contributed by atoms with Crippen LogP contribution in [0.25, 0.3) is 0 Å². The first kappa shape index (κ1) is 14.7. The van der Waals surface area contributed by atoms with Crippen LogP contribution in [0.5, 0.6) is 0 Å². The van der Waals surface area contributed by atoms with Gasteiger partial charge in [-0.05, 0) is 12.1 Å². The predicted molar refractivity (Wildman–Crippen MR) is 74.6 cm³/mol. The zero-order valence-corrected chi connectivity index (χ0v) is 12.2. The quantitative estimate of drug-likeness (QED) is 0.680. The average molecular weight is 276 g/mol. The Balaban J connectivity index is 2.13. The molecule has 0 bridgehead atoms. The maximum Gasteiger partial charge on any atom is 0.338 e. The van der Waals surface area contributed by atoms with E-state index >= 15 is 0 Å². The van der Waals surface area contributed by atoms with E-state index in [1.165, 1.54) is 0 Å². The molecule has 1 saturated carbocycles. The predicted octanol–water partition coefficient (Wildman–Crippen LogP) is 2.45. The van der Waals surface area contributed by atoms with Gasteiger partial charge in [0.25, 0.3) is 0 Å². The number of ether oxygens (including phenoxy) is 1. The van der Waals surface area contributed by atoms with E-state index in [0.717, 1.165) is 6.29 Å². The van der Waals surface area contributed by atoms with Crippen molar-refractivity contribution in [3.05, 3.63) is 35.4 Å². The zero-order valence-electron chi connectivity index (χ0n) is 12.2. The van der Waals surface area contributed by atoms with Gasteiger partial charge in [0.1, 0.15) is 12.4 Å². The summed E-state index contributed by atoms with van der Waals surface area (Å²) in [6.07, 6.45) is -0.127. The molecule has 0 aliphatic heterocycles. The molecule has 1 aromatic carbocycles. The van der Waals surface area contributed by atoms with Gasteiger partial charge in [0.15, 0.2) is 0 Å². The molecule has 1 aliphatic carbocycles. The number of carbonyl (C=O) groups is 2. The highest BCUT2D eigenvalue weighted by molar-refractivity contribution is 5.90. The highest BCUT2D eigenvalue weighted by atomic mass is 16.6. The summed E-state index contributed by atoms with van der Waals surface area (Å²) in [6.45, 7) is 7.54. The van der Waals surface area contributed by atoms with Crippen LogP contribution in [-0.2, 0) is 4.74 Å². The van der Waals surface area contributed by atoms with Gasteiger partial charge in [-0.2, -0.15) is 0 Å². The average Bonchev–Trinajstić information content (AvgIpc) is 2.43. The molecule has 0 heterocycles. The number of hydrogen-bond acceptors (Lipinski definition) is 4. The summed E-state index contributed by atoms with van der Waals surface area (Å²) in [4.78, 5) is 22.7. The normalized spacial score (nSPS) is 26.4. The first-order valence-electron chi connectivity index (χ1n) is 6.65. The summed E-state index contributed by atoms with van der Waals surface area (Å²) in [7, 11) is 0.